The average molecular weight is 404 g/mol. The molecule has 0 saturated carbocycles. The average Bonchev–Trinajstić information content (AvgIpc) is 3.44. The van der Waals surface area contributed by atoms with Crippen LogP contribution in [-0.4, -0.2) is 40.6 Å². The first-order valence-corrected chi connectivity index (χ1v) is 10.4. The number of hydrogen-bond donors (Lipinski definition) is 1. The number of amides is 2. The van der Waals surface area contributed by atoms with Gasteiger partial charge in [0.25, 0.3) is 5.91 Å². The summed E-state index contributed by atoms with van der Waals surface area (Å²) in [5, 5.41) is 2.95. The predicted molar refractivity (Wildman–Crippen MR) is 115 cm³/mol. The highest BCUT2D eigenvalue weighted by Crippen LogP contribution is 2.37. The molecular weight excluding hydrogens is 380 g/mol. The molecule has 1 fully saturated rings. The Morgan fingerprint density at radius 2 is 2.00 bits per heavy atom. The lowest BCUT2D eigenvalue weighted by molar-refractivity contribution is -0.124. The van der Waals surface area contributed by atoms with Crippen molar-refractivity contribution in [3.8, 4) is 0 Å². The molecule has 1 aromatic heterocycles. The van der Waals surface area contributed by atoms with Gasteiger partial charge in [-0.15, -0.1) is 0 Å². The molecule has 0 aliphatic carbocycles. The van der Waals surface area contributed by atoms with Crippen LogP contribution in [0.25, 0.3) is 11.0 Å². The fraction of sp³-hybridized carbons (Fsp3) is 0.348. The van der Waals surface area contributed by atoms with Crippen molar-refractivity contribution < 1.29 is 14.3 Å². The van der Waals surface area contributed by atoms with Gasteiger partial charge in [-0.2, -0.15) is 0 Å². The van der Waals surface area contributed by atoms with Gasteiger partial charge in [-0.3, -0.25) is 19.1 Å². The van der Waals surface area contributed by atoms with Gasteiger partial charge in [0, 0.05) is 12.3 Å². The van der Waals surface area contributed by atoms with Gasteiger partial charge in [0.1, 0.15) is 6.04 Å². The van der Waals surface area contributed by atoms with Crippen molar-refractivity contribution in [3.63, 3.8) is 0 Å². The summed E-state index contributed by atoms with van der Waals surface area (Å²) in [5.74, 6) is 0.314. The topological polar surface area (TPSA) is 76.5 Å². The second-order valence-corrected chi connectivity index (χ2v) is 7.94. The van der Waals surface area contributed by atoms with Gasteiger partial charge in [-0.05, 0) is 43.5 Å². The van der Waals surface area contributed by atoms with E-state index in [9.17, 15) is 9.59 Å². The number of benzene rings is 2. The number of aryl methyl sites for hydroxylation is 1. The maximum absolute atomic E-state index is 13.3. The Morgan fingerprint density at radius 1 is 1.20 bits per heavy atom. The number of imidazole rings is 1. The van der Waals surface area contributed by atoms with Gasteiger partial charge in [-0.1, -0.05) is 30.3 Å². The summed E-state index contributed by atoms with van der Waals surface area (Å²) in [6, 6.07) is 14.7. The molecule has 1 N–H and O–H groups in total. The number of fused-ring (bicyclic) bond motifs is 3. The fourth-order valence-electron chi connectivity index (χ4n) is 4.35. The lowest BCUT2D eigenvalue weighted by Gasteiger charge is -2.19. The molecule has 3 aromatic rings. The normalized spacial score (nSPS) is 20.7. The highest BCUT2D eigenvalue weighted by molar-refractivity contribution is 6.05. The quantitative estimate of drug-likeness (QED) is 0.707. The van der Waals surface area contributed by atoms with Gasteiger partial charge in [-0.25, -0.2) is 4.98 Å². The number of nitrogens with one attached hydrogen (secondary N) is 1. The van der Waals surface area contributed by atoms with E-state index in [0.717, 1.165) is 41.7 Å². The van der Waals surface area contributed by atoms with Crippen LogP contribution in [0, 0.1) is 6.92 Å². The molecule has 0 spiro atoms. The highest BCUT2D eigenvalue weighted by Gasteiger charge is 2.42. The molecule has 2 amide bonds. The van der Waals surface area contributed by atoms with Crippen LogP contribution in [-0.2, 0) is 14.3 Å². The van der Waals surface area contributed by atoms with E-state index in [0.29, 0.717) is 12.5 Å². The zero-order valence-electron chi connectivity index (χ0n) is 16.9. The number of ether oxygens (including phenoxy) is 1. The van der Waals surface area contributed by atoms with E-state index >= 15 is 0 Å². The van der Waals surface area contributed by atoms with E-state index in [4.69, 9.17) is 9.72 Å². The standard InChI is InChI=1S/C23H24N4O3/c1-15-7-2-3-9-17(15)24-21(28)13-20-22(29)26(14-16-8-6-12-30-16)23-25-18-10-4-5-11-19(18)27(20)23/h2-5,7,9-11,16,20H,6,8,12-14H2,1H3,(H,24,28)/t16-,20+/m1/s1. The lowest BCUT2D eigenvalue weighted by Crippen LogP contribution is -2.37. The molecule has 2 aliphatic rings. The Labute approximate surface area is 174 Å². The second-order valence-electron chi connectivity index (χ2n) is 7.94. The SMILES string of the molecule is Cc1ccccc1NC(=O)C[C@H]1C(=O)N(C[C@H]2CCCO2)c2nc3ccccc3n21. The molecule has 2 atom stereocenters. The van der Waals surface area contributed by atoms with Crippen molar-refractivity contribution in [2.75, 3.05) is 23.4 Å². The lowest BCUT2D eigenvalue weighted by atomic mass is 10.1. The maximum atomic E-state index is 13.3. The summed E-state index contributed by atoms with van der Waals surface area (Å²) in [6.45, 7) is 3.14. The van der Waals surface area contributed by atoms with Crippen molar-refractivity contribution >= 4 is 34.5 Å². The zero-order valence-corrected chi connectivity index (χ0v) is 16.9. The Balaban J connectivity index is 1.45. The van der Waals surface area contributed by atoms with Crippen LogP contribution in [0.3, 0.4) is 0 Å². The zero-order chi connectivity index (χ0) is 20.7. The summed E-state index contributed by atoms with van der Waals surface area (Å²) in [4.78, 5) is 32.6. The van der Waals surface area contributed by atoms with Gasteiger partial charge in [0.2, 0.25) is 11.9 Å². The molecule has 1 saturated heterocycles. The molecule has 3 heterocycles. The van der Waals surface area contributed by atoms with E-state index in [1.165, 1.54) is 0 Å². The number of nitrogens with zero attached hydrogens (tertiary/aromatic N) is 3. The van der Waals surface area contributed by atoms with Crippen LogP contribution in [0.1, 0.15) is 30.9 Å². The number of carbonyl (C=O) groups excluding carboxylic acids is 2. The minimum atomic E-state index is -0.613. The van der Waals surface area contributed by atoms with E-state index in [2.05, 4.69) is 5.32 Å². The van der Waals surface area contributed by atoms with Gasteiger partial charge >= 0.3 is 0 Å². The Kier molecular flexibility index (Phi) is 4.75. The molecule has 0 unspecified atom stereocenters. The summed E-state index contributed by atoms with van der Waals surface area (Å²) in [6.07, 6.45) is 2.01. The van der Waals surface area contributed by atoms with Crippen molar-refractivity contribution in [1.29, 1.82) is 0 Å². The van der Waals surface area contributed by atoms with Crippen LogP contribution in [0.4, 0.5) is 11.6 Å². The summed E-state index contributed by atoms with van der Waals surface area (Å²) in [5.41, 5.74) is 3.43. The van der Waals surface area contributed by atoms with Crippen LogP contribution in [0.15, 0.2) is 48.5 Å². The van der Waals surface area contributed by atoms with Gasteiger partial charge in [0.05, 0.1) is 30.1 Å². The minimum absolute atomic E-state index is 0.0155. The molecular formula is C23H24N4O3. The van der Waals surface area contributed by atoms with Gasteiger partial charge in [0.15, 0.2) is 0 Å². The highest BCUT2D eigenvalue weighted by atomic mass is 16.5. The second kappa shape index (κ2) is 7.57. The molecule has 2 aliphatic heterocycles. The number of aromatic nitrogens is 2. The Morgan fingerprint density at radius 3 is 2.80 bits per heavy atom. The van der Waals surface area contributed by atoms with E-state index < -0.39 is 6.04 Å². The molecule has 30 heavy (non-hydrogen) atoms. The van der Waals surface area contributed by atoms with Gasteiger partial charge < -0.3 is 10.1 Å². The monoisotopic (exact) mass is 404 g/mol. The third-order valence-electron chi connectivity index (χ3n) is 5.89. The van der Waals surface area contributed by atoms with Crippen molar-refractivity contribution in [2.45, 2.75) is 38.3 Å². The van der Waals surface area contributed by atoms with Crippen molar-refractivity contribution in [1.82, 2.24) is 9.55 Å². The number of anilines is 2. The first kappa shape index (κ1) is 18.8. The van der Waals surface area contributed by atoms with E-state index in [1.54, 1.807) is 4.90 Å². The third kappa shape index (κ3) is 3.25. The fourth-order valence-corrected chi connectivity index (χ4v) is 4.35. The van der Waals surface area contributed by atoms with Crippen molar-refractivity contribution in [2.24, 2.45) is 0 Å². The number of carbonyl (C=O) groups is 2. The Hall–Kier alpha value is -3.19. The van der Waals surface area contributed by atoms with Crippen LogP contribution in [0.2, 0.25) is 0 Å². The molecule has 0 radical (unpaired) electrons. The molecule has 0 bridgehead atoms. The summed E-state index contributed by atoms with van der Waals surface area (Å²) < 4.78 is 7.66. The number of rotatable bonds is 5. The predicted octanol–water partition coefficient (Wildman–Crippen LogP) is 3.44. The molecule has 7 nitrogen and oxygen atoms in total. The van der Waals surface area contributed by atoms with E-state index in [-0.39, 0.29) is 24.3 Å². The molecule has 5 rings (SSSR count). The molecule has 7 heteroatoms. The summed E-state index contributed by atoms with van der Waals surface area (Å²) >= 11 is 0. The van der Waals surface area contributed by atoms with Crippen molar-refractivity contribution in [3.05, 3.63) is 54.1 Å². The minimum Gasteiger partial charge on any atom is -0.376 e. The smallest absolute Gasteiger partial charge is 0.253 e. The number of hydrogen-bond acceptors (Lipinski definition) is 4. The largest absolute Gasteiger partial charge is 0.376 e. The van der Waals surface area contributed by atoms with Crippen LogP contribution < -0.4 is 10.2 Å². The first-order chi connectivity index (χ1) is 14.6. The molecule has 2 aromatic carbocycles. The van der Waals surface area contributed by atoms with Crippen LogP contribution in [0.5, 0.6) is 0 Å². The first-order valence-electron chi connectivity index (χ1n) is 10.4. The maximum Gasteiger partial charge on any atom is 0.253 e. The molecule has 154 valence electrons. The van der Waals surface area contributed by atoms with Crippen LogP contribution >= 0.6 is 0 Å². The third-order valence-corrected chi connectivity index (χ3v) is 5.89. The Bertz CT molecular complexity index is 1120. The summed E-state index contributed by atoms with van der Waals surface area (Å²) in [7, 11) is 0. The number of para-hydroxylation sites is 3. The van der Waals surface area contributed by atoms with E-state index in [1.807, 2.05) is 60.0 Å².